The van der Waals surface area contributed by atoms with Gasteiger partial charge in [-0.05, 0) is 60.7 Å². The Morgan fingerprint density at radius 1 is 1.22 bits per heavy atom. The summed E-state index contributed by atoms with van der Waals surface area (Å²) in [5.74, 6) is -0.314. The summed E-state index contributed by atoms with van der Waals surface area (Å²) in [6, 6.07) is 11.4. The standard InChI is InChI=1S/C20H23FN2O3S/c1-14(16-4-6-17(21)7-5-16)13-20(24)22-18-8-9-19(15(2)12-18)23-10-3-11-27(23,25)26/h4-9,12,14H,3,10-11,13H2,1-2H3,(H,22,24). The lowest BCUT2D eigenvalue weighted by Gasteiger charge is -2.20. The zero-order valence-corrected chi connectivity index (χ0v) is 16.2. The lowest BCUT2D eigenvalue weighted by atomic mass is 9.97. The fourth-order valence-electron chi connectivity index (χ4n) is 3.32. The monoisotopic (exact) mass is 390 g/mol. The Labute approximate surface area is 159 Å². The lowest BCUT2D eigenvalue weighted by Crippen LogP contribution is -2.25. The van der Waals surface area contributed by atoms with Gasteiger partial charge in [0.15, 0.2) is 0 Å². The van der Waals surface area contributed by atoms with E-state index in [1.165, 1.54) is 16.4 Å². The van der Waals surface area contributed by atoms with Crippen LogP contribution in [0.15, 0.2) is 42.5 Å². The predicted octanol–water partition coefficient (Wildman–Crippen LogP) is 3.81. The van der Waals surface area contributed by atoms with Gasteiger partial charge < -0.3 is 5.32 Å². The third-order valence-corrected chi connectivity index (χ3v) is 6.63. The van der Waals surface area contributed by atoms with Gasteiger partial charge in [0.2, 0.25) is 15.9 Å². The van der Waals surface area contributed by atoms with Crippen molar-refractivity contribution in [1.29, 1.82) is 0 Å². The van der Waals surface area contributed by atoms with Crippen molar-refractivity contribution in [3.05, 3.63) is 59.4 Å². The maximum absolute atomic E-state index is 13.0. The molecular weight excluding hydrogens is 367 g/mol. The molecule has 1 saturated heterocycles. The predicted molar refractivity (Wildman–Crippen MR) is 105 cm³/mol. The van der Waals surface area contributed by atoms with Gasteiger partial charge in [-0.2, -0.15) is 0 Å². The fourth-order valence-corrected chi connectivity index (χ4v) is 4.95. The smallest absolute Gasteiger partial charge is 0.235 e. The number of halogens is 1. The number of benzene rings is 2. The second-order valence-corrected chi connectivity index (χ2v) is 8.96. The Hall–Kier alpha value is -2.41. The maximum Gasteiger partial charge on any atom is 0.235 e. The van der Waals surface area contributed by atoms with E-state index in [9.17, 15) is 17.6 Å². The molecule has 1 N–H and O–H groups in total. The van der Waals surface area contributed by atoms with E-state index in [0.717, 1.165) is 11.1 Å². The highest BCUT2D eigenvalue weighted by Crippen LogP contribution is 2.29. The SMILES string of the molecule is Cc1cc(NC(=O)CC(C)c2ccc(F)cc2)ccc1N1CCCS1(=O)=O. The molecule has 1 aliphatic heterocycles. The van der Waals surface area contributed by atoms with Crippen LogP contribution in [0.4, 0.5) is 15.8 Å². The van der Waals surface area contributed by atoms with Crippen LogP contribution in [-0.2, 0) is 14.8 Å². The molecule has 3 rings (SSSR count). The van der Waals surface area contributed by atoms with Crippen LogP contribution in [0.2, 0.25) is 0 Å². The fraction of sp³-hybridized carbons (Fsp3) is 0.350. The van der Waals surface area contributed by atoms with E-state index in [0.29, 0.717) is 24.3 Å². The van der Waals surface area contributed by atoms with E-state index in [4.69, 9.17) is 0 Å². The minimum Gasteiger partial charge on any atom is -0.326 e. The van der Waals surface area contributed by atoms with E-state index in [2.05, 4.69) is 5.32 Å². The van der Waals surface area contributed by atoms with Crippen molar-refractivity contribution in [1.82, 2.24) is 0 Å². The number of sulfonamides is 1. The van der Waals surface area contributed by atoms with Gasteiger partial charge in [-0.25, -0.2) is 12.8 Å². The number of anilines is 2. The molecule has 144 valence electrons. The first-order valence-corrected chi connectivity index (χ1v) is 10.5. The summed E-state index contributed by atoms with van der Waals surface area (Å²) in [5, 5.41) is 2.85. The number of rotatable bonds is 5. The average Bonchev–Trinajstić information content (AvgIpc) is 2.94. The highest BCUT2D eigenvalue weighted by Gasteiger charge is 2.29. The first-order chi connectivity index (χ1) is 12.8. The largest absolute Gasteiger partial charge is 0.326 e. The molecule has 27 heavy (non-hydrogen) atoms. The van der Waals surface area contributed by atoms with E-state index in [1.54, 1.807) is 30.3 Å². The van der Waals surface area contributed by atoms with Crippen LogP contribution in [0, 0.1) is 12.7 Å². The molecule has 1 heterocycles. The summed E-state index contributed by atoms with van der Waals surface area (Å²) < 4.78 is 38.6. The van der Waals surface area contributed by atoms with Gasteiger partial charge in [-0.1, -0.05) is 19.1 Å². The minimum atomic E-state index is -3.23. The zero-order chi connectivity index (χ0) is 19.6. The van der Waals surface area contributed by atoms with Crippen LogP contribution in [0.25, 0.3) is 0 Å². The summed E-state index contributed by atoms with van der Waals surface area (Å²) in [6.07, 6.45) is 0.897. The molecular formula is C20H23FN2O3S. The highest BCUT2D eigenvalue weighted by atomic mass is 32.2. The van der Waals surface area contributed by atoms with Crippen molar-refractivity contribution in [2.45, 2.75) is 32.6 Å². The van der Waals surface area contributed by atoms with Crippen LogP contribution in [0.5, 0.6) is 0 Å². The number of carbonyl (C=O) groups excluding carboxylic acids is 1. The molecule has 0 aliphatic carbocycles. The van der Waals surface area contributed by atoms with Gasteiger partial charge in [0, 0.05) is 18.7 Å². The molecule has 0 bridgehead atoms. The lowest BCUT2D eigenvalue weighted by molar-refractivity contribution is -0.116. The third kappa shape index (κ3) is 4.47. The summed E-state index contributed by atoms with van der Waals surface area (Å²) in [4.78, 5) is 12.3. The van der Waals surface area contributed by atoms with Gasteiger partial charge >= 0.3 is 0 Å². The van der Waals surface area contributed by atoms with Crippen LogP contribution in [-0.4, -0.2) is 26.6 Å². The molecule has 1 fully saturated rings. The van der Waals surface area contributed by atoms with Crippen LogP contribution in [0.3, 0.4) is 0 Å². The van der Waals surface area contributed by atoms with Gasteiger partial charge in [-0.3, -0.25) is 9.10 Å². The molecule has 0 radical (unpaired) electrons. The Bertz CT molecular complexity index is 942. The van der Waals surface area contributed by atoms with Crippen molar-refractivity contribution in [3.63, 3.8) is 0 Å². The second kappa shape index (κ2) is 7.68. The van der Waals surface area contributed by atoms with Crippen molar-refractivity contribution >= 4 is 27.3 Å². The van der Waals surface area contributed by atoms with Gasteiger partial charge in [0.05, 0.1) is 11.4 Å². The first-order valence-electron chi connectivity index (χ1n) is 8.92. The normalized spacial score (nSPS) is 16.9. The number of hydrogen-bond acceptors (Lipinski definition) is 3. The highest BCUT2D eigenvalue weighted by molar-refractivity contribution is 7.93. The number of carbonyl (C=O) groups is 1. The second-order valence-electron chi connectivity index (χ2n) is 6.95. The molecule has 0 spiro atoms. The summed E-state index contributed by atoms with van der Waals surface area (Å²) in [5.41, 5.74) is 2.98. The Morgan fingerprint density at radius 2 is 1.93 bits per heavy atom. The Balaban J connectivity index is 1.66. The van der Waals surface area contributed by atoms with E-state index in [-0.39, 0.29) is 29.8 Å². The van der Waals surface area contributed by atoms with Gasteiger partial charge in [-0.15, -0.1) is 0 Å². The van der Waals surface area contributed by atoms with Crippen molar-refractivity contribution < 1.29 is 17.6 Å². The van der Waals surface area contributed by atoms with E-state index in [1.807, 2.05) is 13.8 Å². The zero-order valence-electron chi connectivity index (χ0n) is 15.4. The molecule has 2 aromatic rings. The Kier molecular flexibility index (Phi) is 5.51. The van der Waals surface area contributed by atoms with Crippen molar-refractivity contribution in [3.8, 4) is 0 Å². The molecule has 1 atom stereocenters. The topological polar surface area (TPSA) is 66.5 Å². The number of aryl methyl sites for hydroxylation is 1. The quantitative estimate of drug-likeness (QED) is 0.844. The average molecular weight is 390 g/mol. The number of hydrogen-bond donors (Lipinski definition) is 1. The van der Waals surface area contributed by atoms with Crippen molar-refractivity contribution in [2.75, 3.05) is 21.9 Å². The minimum absolute atomic E-state index is 0.0410. The van der Waals surface area contributed by atoms with Crippen molar-refractivity contribution in [2.24, 2.45) is 0 Å². The number of nitrogens with zero attached hydrogens (tertiary/aromatic N) is 1. The molecule has 0 aromatic heterocycles. The van der Waals surface area contributed by atoms with Gasteiger partial charge in [0.25, 0.3) is 0 Å². The summed E-state index contributed by atoms with van der Waals surface area (Å²) in [6.45, 7) is 4.24. The third-order valence-electron chi connectivity index (χ3n) is 4.78. The van der Waals surface area contributed by atoms with Gasteiger partial charge in [0.1, 0.15) is 5.82 Å². The maximum atomic E-state index is 13.0. The first kappa shape index (κ1) is 19.4. The number of nitrogens with one attached hydrogen (secondary N) is 1. The molecule has 1 aliphatic rings. The Morgan fingerprint density at radius 3 is 2.52 bits per heavy atom. The summed E-state index contributed by atoms with van der Waals surface area (Å²) in [7, 11) is -3.23. The molecule has 2 aromatic carbocycles. The van der Waals surface area contributed by atoms with E-state index >= 15 is 0 Å². The number of amides is 1. The molecule has 0 saturated carbocycles. The van der Waals surface area contributed by atoms with Crippen LogP contribution < -0.4 is 9.62 Å². The molecule has 1 unspecified atom stereocenters. The van der Waals surface area contributed by atoms with E-state index < -0.39 is 10.0 Å². The molecule has 1 amide bonds. The molecule has 7 heteroatoms. The summed E-state index contributed by atoms with van der Waals surface area (Å²) >= 11 is 0. The van der Waals surface area contributed by atoms with Crippen LogP contribution >= 0.6 is 0 Å². The molecule has 5 nitrogen and oxygen atoms in total. The van der Waals surface area contributed by atoms with Crippen LogP contribution in [0.1, 0.15) is 36.8 Å².